The molecule has 1 heterocycles. The van der Waals surface area contributed by atoms with E-state index in [0.717, 1.165) is 24.7 Å². The van der Waals surface area contributed by atoms with Crippen molar-refractivity contribution in [3.63, 3.8) is 0 Å². The molecule has 1 aromatic carbocycles. The molecule has 1 saturated carbocycles. The quantitative estimate of drug-likeness (QED) is 0.878. The van der Waals surface area contributed by atoms with Crippen LogP contribution in [0.4, 0.5) is 0 Å². The number of carbonyl (C=O) groups excluding carboxylic acids is 1. The molecular formula is C19H28N2O2. The van der Waals surface area contributed by atoms with Crippen LogP contribution in [0.5, 0.6) is 5.75 Å². The van der Waals surface area contributed by atoms with E-state index >= 15 is 0 Å². The van der Waals surface area contributed by atoms with Gasteiger partial charge in [0, 0.05) is 19.1 Å². The van der Waals surface area contributed by atoms with Crippen LogP contribution in [0.1, 0.15) is 44.1 Å². The third kappa shape index (κ3) is 4.71. The number of phenolic OH excluding ortho intramolecular Hbond substituents is 1. The fraction of sp³-hybridized carbons (Fsp3) is 0.632. The van der Waals surface area contributed by atoms with Gasteiger partial charge in [-0.15, -0.1) is 0 Å². The summed E-state index contributed by atoms with van der Waals surface area (Å²) < 4.78 is 0. The van der Waals surface area contributed by atoms with E-state index in [4.69, 9.17) is 0 Å². The van der Waals surface area contributed by atoms with Crippen LogP contribution in [0.2, 0.25) is 0 Å². The van der Waals surface area contributed by atoms with Crippen LogP contribution in [0.15, 0.2) is 24.3 Å². The molecule has 1 atom stereocenters. The predicted molar refractivity (Wildman–Crippen MR) is 91.4 cm³/mol. The van der Waals surface area contributed by atoms with Crippen LogP contribution in [-0.2, 0) is 11.2 Å². The summed E-state index contributed by atoms with van der Waals surface area (Å²) >= 11 is 0. The molecule has 0 bridgehead atoms. The summed E-state index contributed by atoms with van der Waals surface area (Å²) in [5, 5.41) is 12.5. The Morgan fingerprint density at radius 2 is 2.04 bits per heavy atom. The number of rotatable bonds is 5. The summed E-state index contributed by atoms with van der Waals surface area (Å²) in [5.41, 5.74) is 0.859. The highest BCUT2D eigenvalue weighted by atomic mass is 16.3. The lowest BCUT2D eigenvalue weighted by molar-refractivity contribution is -0.120. The molecule has 1 aliphatic heterocycles. The van der Waals surface area contributed by atoms with Crippen molar-refractivity contribution in [2.45, 2.75) is 51.0 Å². The van der Waals surface area contributed by atoms with Crippen molar-refractivity contribution in [3.8, 4) is 5.75 Å². The first-order valence-electron chi connectivity index (χ1n) is 8.99. The monoisotopic (exact) mass is 316 g/mol. The van der Waals surface area contributed by atoms with Gasteiger partial charge in [-0.25, -0.2) is 0 Å². The Morgan fingerprint density at radius 1 is 1.22 bits per heavy atom. The molecule has 0 radical (unpaired) electrons. The Labute approximate surface area is 138 Å². The molecule has 126 valence electrons. The minimum atomic E-state index is 0.0479. The lowest BCUT2D eigenvalue weighted by Crippen LogP contribution is -2.36. The Bertz CT molecular complexity index is 526. The summed E-state index contributed by atoms with van der Waals surface area (Å²) in [6.07, 6.45) is 8.42. The second-order valence-electron chi connectivity index (χ2n) is 7.09. The minimum Gasteiger partial charge on any atom is -0.508 e. The van der Waals surface area contributed by atoms with Crippen LogP contribution >= 0.6 is 0 Å². The number of likely N-dealkylation sites (tertiary alicyclic amines) is 1. The highest BCUT2D eigenvalue weighted by Gasteiger charge is 2.29. The smallest absolute Gasteiger partial charge is 0.224 e. The number of hydrogen-bond acceptors (Lipinski definition) is 3. The predicted octanol–water partition coefficient (Wildman–Crippen LogP) is 2.71. The number of phenols is 1. The third-order valence-corrected chi connectivity index (χ3v) is 5.27. The Kier molecular flexibility index (Phi) is 5.55. The molecule has 1 amide bonds. The molecule has 3 rings (SSSR count). The van der Waals surface area contributed by atoms with Gasteiger partial charge in [0.25, 0.3) is 0 Å². The molecule has 23 heavy (non-hydrogen) atoms. The summed E-state index contributed by atoms with van der Waals surface area (Å²) in [4.78, 5) is 14.7. The molecule has 2 aliphatic rings. The molecule has 1 unspecified atom stereocenters. The van der Waals surface area contributed by atoms with E-state index in [0.29, 0.717) is 12.3 Å². The summed E-state index contributed by atoms with van der Waals surface area (Å²) in [6, 6.07) is 7.72. The number of amides is 1. The van der Waals surface area contributed by atoms with E-state index in [-0.39, 0.29) is 11.7 Å². The average molecular weight is 316 g/mol. The van der Waals surface area contributed by atoms with Crippen LogP contribution in [-0.4, -0.2) is 41.6 Å². The fourth-order valence-corrected chi connectivity index (χ4v) is 3.98. The minimum absolute atomic E-state index is 0.0479. The van der Waals surface area contributed by atoms with Crippen molar-refractivity contribution in [2.24, 2.45) is 5.92 Å². The first-order chi connectivity index (χ1) is 11.2. The second-order valence-corrected chi connectivity index (χ2v) is 7.09. The van der Waals surface area contributed by atoms with Crippen LogP contribution < -0.4 is 5.32 Å². The van der Waals surface area contributed by atoms with Crippen LogP contribution in [0.25, 0.3) is 0 Å². The maximum atomic E-state index is 12.1. The molecule has 1 aliphatic carbocycles. The van der Waals surface area contributed by atoms with Crippen molar-refractivity contribution in [3.05, 3.63) is 29.8 Å². The van der Waals surface area contributed by atoms with E-state index in [9.17, 15) is 9.90 Å². The van der Waals surface area contributed by atoms with Gasteiger partial charge in [-0.05, 0) is 49.4 Å². The molecule has 2 N–H and O–H groups in total. The van der Waals surface area contributed by atoms with E-state index in [1.54, 1.807) is 18.2 Å². The first kappa shape index (κ1) is 16.3. The maximum absolute atomic E-state index is 12.1. The first-order valence-corrected chi connectivity index (χ1v) is 8.99. The molecule has 0 aromatic heterocycles. The summed E-state index contributed by atoms with van der Waals surface area (Å²) in [6.45, 7) is 3.11. The fourth-order valence-electron chi connectivity index (χ4n) is 3.98. The highest BCUT2D eigenvalue weighted by molar-refractivity contribution is 5.78. The summed E-state index contributed by atoms with van der Waals surface area (Å²) in [5.74, 6) is 0.853. The van der Waals surface area contributed by atoms with Gasteiger partial charge in [-0.1, -0.05) is 31.4 Å². The van der Waals surface area contributed by atoms with Gasteiger partial charge < -0.3 is 15.3 Å². The SMILES string of the molecule is O=C(Cc1cccc(O)c1)NCC1CCN(C2CCCCC2)C1. The van der Waals surface area contributed by atoms with Gasteiger partial charge in [-0.3, -0.25) is 4.79 Å². The van der Waals surface area contributed by atoms with Gasteiger partial charge in [0.15, 0.2) is 0 Å². The van der Waals surface area contributed by atoms with Gasteiger partial charge in [0.05, 0.1) is 6.42 Å². The Morgan fingerprint density at radius 3 is 2.83 bits per heavy atom. The Balaban J connectivity index is 1.39. The maximum Gasteiger partial charge on any atom is 0.224 e. The highest BCUT2D eigenvalue weighted by Crippen LogP contribution is 2.27. The van der Waals surface area contributed by atoms with Crippen LogP contribution in [0.3, 0.4) is 0 Å². The topological polar surface area (TPSA) is 52.6 Å². The zero-order valence-corrected chi connectivity index (χ0v) is 13.8. The molecular weight excluding hydrogens is 288 g/mol. The Hall–Kier alpha value is -1.55. The summed E-state index contributed by atoms with van der Waals surface area (Å²) in [7, 11) is 0. The zero-order valence-electron chi connectivity index (χ0n) is 13.8. The van der Waals surface area contributed by atoms with E-state index in [1.807, 2.05) is 6.07 Å². The van der Waals surface area contributed by atoms with Crippen LogP contribution in [0, 0.1) is 5.92 Å². The largest absolute Gasteiger partial charge is 0.508 e. The van der Waals surface area contributed by atoms with Gasteiger partial charge in [-0.2, -0.15) is 0 Å². The molecule has 1 saturated heterocycles. The number of nitrogens with one attached hydrogen (secondary N) is 1. The molecule has 2 fully saturated rings. The van der Waals surface area contributed by atoms with Crippen molar-refractivity contribution in [1.29, 1.82) is 0 Å². The normalized spacial score (nSPS) is 23.0. The molecule has 4 nitrogen and oxygen atoms in total. The van der Waals surface area contributed by atoms with E-state index < -0.39 is 0 Å². The molecule has 1 aromatic rings. The second kappa shape index (κ2) is 7.82. The zero-order chi connectivity index (χ0) is 16.1. The van der Waals surface area contributed by atoms with E-state index in [1.165, 1.54) is 45.1 Å². The third-order valence-electron chi connectivity index (χ3n) is 5.27. The van der Waals surface area contributed by atoms with Crippen molar-refractivity contribution >= 4 is 5.91 Å². The van der Waals surface area contributed by atoms with Gasteiger partial charge in [0.1, 0.15) is 5.75 Å². The molecule has 4 heteroatoms. The molecule has 0 spiro atoms. The van der Waals surface area contributed by atoms with Crippen molar-refractivity contribution < 1.29 is 9.90 Å². The lowest BCUT2D eigenvalue weighted by Gasteiger charge is -2.31. The van der Waals surface area contributed by atoms with Gasteiger partial charge in [0.2, 0.25) is 5.91 Å². The number of hydrogen-bond donors (Lipinski definition) is 2. The number of carbonyl (C=O) groups is 1. The standard InChI is InChI=1S/C19H28N2O2/c22-18-8-4-5-15(11-18)12-19(23)20-13-16-9-10-21(14-16)17-6-2-1-3-7-17/h4-5,8,11,16-17,22H,1-3,6-7,9-10,12-14H2,(H,20,23). The van der Waals surface area contributed by atoms with Crippen molar-refractivity contribution in [1.82, 2.24) is 10.2 Å². The number of nitrogens with zero attached hydrogens (tertiary/aromatic N) is 1. The van der Waals surface area contributed by atoms with Gasteiger partial charge >= 0.3 is 0 Å². The lowest BCUT2D eigenvalue weighted by atomic mass is 9.94. The van der Waals surface area contributed by atoms with E-state index in [2.05, 4.69) is 10.2 Å². The number of aromatic hydroxyl groups is 1. The average Bonchev–Trinajstić information content (AvgIpc) is 3.03. The van der Waals surface area contributed by atoms with Crippen molar-refractivity contribution in [2.75, 3.05) is 19.6 Å². The number of benzene rings is 1.